The summed E-state index contributed by atoms with van der Waals surface area (Å²) in [6, 6.07) is 2.96. The Morgan fingerprint density at radius 1 is 1.27 bits per heavy atom. The zero-order valence-electron chi connectivity index (χ0n) is 6.13. The van der Waals surface area contributed by atoms with Crippen molar-refractivity contribution in [3.05, 3.63) is 23.3 Å². The first-order valence-corrected chi connectivity index (χ1v) is 3.76. The zero-order chi connectivity index (χ0) is 8.43. The number of alkyl halides is 1. The molecule has 2 N–H and O–H groups in total. The van der Waals surface area contributed by atoms with E-state index in [0.29, 0.717) is 5.88 Å². The van der Waals surface area contributed by atoms with Gasteiger partial charge in [0.05, 0.1) is 0 Å². The van der Waals surface area contributed by atoms with Gasteiger partial charge in [-0.1, -0.05) is 0 Å². The van der Waals surface area contributed by atoms with Crippen LogP contribution in [0.3, 0.4) is 0 Å². The Morgan fingerprint density at radius 3 is 2.36 bits per heavy atom. The lowest BCUT2D eigenvalue weighted by Crippen LogP contribution is -1.83. The highest BCUT2D eigenvalue weighted by atomic mass is 35.5. The monoisotopic (exact) mass is 172 g/mol. The molecule has 0 bridgehead atoms. The lowest BCUT2D eigenvalue weighted by atomic mass is 10.1. The predicted molar refractivity (Wildman–Crippen MR) is 44.1 cm³/mol. The molecule has 1 rings (SSSR count). The van der Waals surface area contributed by atoms with Crippen LogP contribution in [0.5, 0.6) is 11.5 Å². The number of phenolic OH excluding ortho intramolecular Hbond substituents is 2. The van der Waals surface area contributed by atoms with Crippen molar-refractivity contribution in [1.29, 1.82) is 0 Å². The second-order valence-corrected chi connectivity index (χ2v) is 2.67. The summed E-state index contributed by atoms with van der Waals surface area (Å²) in [6.45, 7) is 1.83. The lowest BCUT2D eigenvalue weighted by Gasteiger charge is -2.03. The maximum Gasteiger partial charge on any atom is 0.157 e. The van der Waals surface area contributed by atoms with E-state index in [9.17, 15) is 0 Å². The van der Waals surface area contributed by atoms with Crippen LogP contribution >= 0.6 is 11.6 Å². The first kappa shape index (κ1) is 8.21. The lowest BCUT2D eigenvalue weighted by molar-refractivity contribution is 0.403. The van der Waals surface area contributed by atoms with Gasteiger partial charge in [-0.3, -0.25) is 0 Å². The van der Waals surface area contributed by atoms with E-state index in [1.54, 1.807) is 0 Å². The molecule has 0 aliphatic heterocycles. The Kier molecular flexibility index (Phi) is 2.25. The molecule has 1 aromatic rings. The van der Waals surface area contributed by atoms with Gasteiger partial charge in [0.25, 0.3) is 0 Å². The Labute approximate surface area is 70.1 Å². The van der Waals surface area contributed by atoms with E-state index in [1.807, 2.05) is 6.92 Å². The average molecular weight is 173 g/mol. The van der Waals surface area contributed by atoms with Gasteiger partial charge >= 0.3 is 0 Å². The molecule has 0 unspecified atom stereocenters. The van der Waals surface area contributed by atoms with Crippen molar-refractivity contribution in [2.45, 2.75) is 12.8 Å². The Hall–Kier alpha value is -0.890. The van der Waals surface area contributed by atoms with Crippen molar-refractivity contribution in [2.24, 2.45) is 0 Å². The fourth-order valence-electron chi connectivity index (χ4n) is 0.868. The third-order valence-electron chi connectivity index (χ3n) is 1.58. The molecule has 0 aliphatic carbocycles. The third kappa shape index (κ3) is 1.57. The second kappa shape index (κ2) is 3.01. The summed E-state index contributed by atoms with van der Waals surface area (Å²) in [6.07, 6.45) is 0. The van der Waals surface area contributed by atoms with E-state index in [-0.39, 0.29) is 11.5 Å². The van der Waals surface area contributed by atoms with Crippen LogP contribution in [0.2, 0.25) is 0 Å². The Bertz CT molecular complexity index is 271. The van der Waals surface area contributed by atoms with E-state index in [4.69, 9.17) is 21.8 Å². The molecule has 0 radical (unpaired) electrons. The van der Waals surface area contributed by atoms with Crippen LogP contribution in [-0.4, -0.2) is 10.2 Å². The quantitative estimate of drug-likeness (QED) is 0.504. The zero-order valence-corrected chi connectivity index (χ0v) is 6.89. The van der Waals surface area contributed by atoms with Gasteiger partial charge in [0, 0.05) is 5.88 Å². The summed E-state index contributed by atoms with van der Waals surface area (Å²) in [7, 11) is 0. The number of hydrogen-bond acceptors (Lipinski definition) is 2. The molecule has 0 saturated carbocycles. The molecule has 0 aliphatic rings. The first-order chi connectivity index (χ1) is 5.15. The number of aryl methyl sites for hydroxylation is 1. The van der Waals surface area contributed by atoms with Gasteiger partial charge in [-0.25, -0.2) is 0 Å². The largest absolute Gasteiger partial charge is 0.504 e. The van der Waals surface area contributed by atoms with Crippen LogP contribution in [0.25, 0.3) is 0 Å². The minimum absolute atomic E-state index is 0.101. The summed E-state index contributed by atoms with van der Waals surface area (Å²) in [4.78, 5) is 0. The molecule has 0 spiro atoms. The molecule has 2 nitrogen and oxygen atoms in total. The smallest absolute Gasteiger partial charge is 0.157 e. The topological polar surface area (TPSA) is 40.5 Å². The third-order valence-corrected chi connectivity index (χ3v) is 1.87. The van der Waals surface area contributed by atoms with Crippen LogP contribution < -0.4 is 0 Å². The van der Waals surface area contributed by atoms with Gasteiger partial charge in [-0.15, -0.1) is 11.6 Å². The predicted octanol–water partition coefficient (Wildman–Crippen LogP) is 2.15. The fraction of sp³-hybridized carbons (Fsp3) is 0.250. The number of aromatic hydroxyl groups is 2. The molecule has 1 aromatic carbocycles. The molecule has 60 valence electrons. The number of hydrogen-bond donors (Lipinski definition) is 2. The van der Waals surface area contributed by atoms with Crippen molar-refractivity contribution in [3.63, 3.8) is 0 Å². The van der Waals surface area contributed by atoms with Crippen molar-refractivity contribution in [2.75, 3.05) is 0 Å². The van der Waals surface area contributed by atoms with E-state index >= 15 is 0 Å². The minimum atomic E-state index is -0.119. The van der Waals surface area contributed by atoms with Gasteiger partial charge in [0.15, 0.2) is 11.5 Å². The number of rotatable bonds is 1. The Morgan fingerprint density at radius 2 is 1.82 bits per heavy atom. The van der Waals surface area contributed by atoms with Crippen molar-refractivity contribution >= 4 is 11.6 Å². The molecular weight excluding hydrogens is 164 g/mol. The number of phenols is 2. The molecule has 0 saturated heterocycles. The molecule has 0 atom stereocenters. The summed E-state index contributed by atoms with van der Waals surface area (Å²) in [5.41, 5.74) is 1.72. The van der Waals surface area contributed by atoms with E-state index in [1.165, 1.54) is 12.1 Å². The second-order valence-electron chi connectivity index (χ2n) is 2.40. The van der Waals surface area contributed by atoms with Crippen LogP contribution in [0.1, 0.15) is 11.1 Å². The highest BCUT2D eigenvalue weighted by molar-refractivity contribution is 6.17. The van der Waals surface area contributed by atoms with Crippen LogP contribution in [-0.2, 0) is 5.88 Å². The van der Waals surface area contributed by atoms with E-state index < -0.39 is 0 Å². The van der Waals surface area contributed by atoms with E-state index in [2.05, 4.69) is 0 Å². The molecule has 0 aromatic heterocycles. The maximum absolute atomic E-state index is 9.05. The van der Waals surface area contributed by atoms with E-state index in [0.717, 1.165) is 11.1 Å². The summed E-state index contributed by atoms with van der Waals surface area (Å²) < 4.78 is 0. The van der Waals surface area contributed by atoms with Crippen LogP contribution in [0, 0.1) is 6.92 Å². The standard InChI is InChI=1S/C8H9ClO2/c1-5-2-7(10)8(11)3-6(5)4-9/h2-3,10-11H,4H2,1H3. The first-order valence-electron chi connectivity index (χ1n) is 3.22. The molecule has 11 heavy (non-hydrogen) atoms. The molecular formula is C8H9ClO2. The molecule has 0 heterocycles. The van der Waals surface area contributed by atoms with Gasteiger partial charge in [0.2, 0.25) is 0 Å². The fourth-order valence-corrected chi connectivity index (χ4v) is 1.16. The highest BCUT2D eigenvalue weighted by Gasteiger charge is 2.03. The van der Waals surface area contributed by atoms with Gasteiger partial charge in [-0.2, -0.15) is 0 Å². The van der Waals surface area contributed by atoms with Gasteiger partial charge in [0.1, 0.15) is 0 Å². The van der Waals surface area contributed by atoms with Gasteiger partial charge in [-0.05, 0) is 30.2 Å². The van der Waals surface area contributed by atoms with Crippen molar-refractivity contribution in [3.8, 4) is 11.5 Å². The van der Waals surface area contributed by atoms with Gasteiger partial charge < -0.3 is 10.2 Å². The molecule has 0 fully saturated rings. The maximum atomic E-state index is 9.05. The number of benzene rings is 1. The normalized spacial score (nSPS) is 10.0. The van der Waals surface area contributed by atoms with Crippen molar-refractivity contribution < 1.29 is 10.2 Å². The number of halogens is 1. The molecule has 3 heteroatoms. The average Bonchev–Trinajstić information content (AvgIpc) is 1.97. The van der Waals surface area contributed by atoms with Crippen molar-refractivity contribution in [1.82, 2.24) is 0 Å². The minimum Gasteiger partial charge on any atom is -0.504 e. The Balaban J connectivity index is 3.21. The van der Waals surface area contributed by atoms with Crippen LogP contribution in [0.4, 0.5) is 0 Å². The SMILES string of the molecule is Cc1cc(O)c(O)cc1CCl. The summed E-state index contributed by atoms with van der Waals surface area (Å²) in [5.74, 6) is 0.127. The summed E-state index contributed by atoms with van der Waals surface area (Å²) in [5, 5.41) is 18.1. The highest BCUT2D eigenvalue weighted by Crippen LogP contribution is 2.28. The summed E-state index contributed by atoms with van der Waals surface area (Å²) >= 11 is 5.56. The van der Waals surface area contributed by atoms with Crippen LogP contribution in [0.15, 0.2) is 12.1 Å². The molecule has 0 amide bonds.